The first kappa shape index (κ1) is 32.2. The molecule has 6 heteroatoms. The summed E-state index contributed by atoms with van der Waals surface area (Å²) in [7, 11) is 0. The van der Waals surface area contributed by atoms with E-state index in [0.29, 0.717) is 12.8 Å². The number of rotatable bonds is 17. The number of hydrogen-bond donors (Lipinski definition) is 1. The number of carbonyl (C=O) groups excluding carboxylic acids is 2. The number of unbranched alkanes of at least 4 members (excludes halogenated alkanes) is 1. The summed E-state index contributed by atoms with van der Waals surface area (Å²) >= 11 is 1.61. The van der Waals surface area contributed by atoms with Crippen molar-refractivity contribution in [3.05, 3.63) is 33.3 Å². The highest BCUT2D eigenvalue weighted by Crippen LogP contribution is 2.24. The Morgan fingerprint density at radius 1 is 1.14 bits per heavy atom. The highest BCUT2D eigenvalue weighted by atomic mass is 32.1. The average molecular weight is 520 g/mol. The fourth-order valence-corrected chi connectivity index (χ4v) is 4.80. The van der Waals surface area contributed by atoms with Crippen molar-refractivity contribution in [2.24, 2.45) is 17.8 Å². The molecular weight excluding hydrogens is 470 g/mol. The van der Waals surface area contributed by atoms with Crippen molar-refractivity contribution in [1.29, 1.82) is 0 Å². The lowest BCUT2D eigenvalue weighted by atomic mass is 9.83. The number of aromatic nitrogens is 1. The van der Waals surface area contributed by atoms with Crippen LogP contribution < -0.4 is 0 Å². The second kappa shape index (κ2) is 16.9. The van der Waals surface area contributed by atoms with Crippen LogP contribution in [0.1, 0.15) is 111 Å². The molecule has 0 unspecified atom stereocenters. The first-order valence-corrected chi connectivity index (χ1v) is 14.5. The third-order valence-corrected chi connectivity index (χ3v) is 7.87. The number of nitrogens with zero attached hydrogens (tertiary/aromatic N) is 1. The van der Waals surface area contributed by atoms with Crippen molar-refractivity contribution in [2.45, 2.75) is 119 Å². The molecule has 0 amide bonds. The third kappa shape index (κ3) is 11.5. The number of esters is 1. The van der Waals surface area contributed by atoms with Gasteiger partial charge in [0.2, 0.25) is 0 Å². The van der Waals surface area contributed by atoms with Crippen LogP contribution in [0.15, 0.2) is 22.6 Å². The van der Waals surface area contributed by atoms with E-state index in [1.54, 1.807) is 11.3 Å². The van der Waals surface area contributed by atoms with Crippen LogP contribution in [0.3, 0.4) is 0 Å². The summed E-state index contributed by atoms with van der Waals surface area (Å²) in [6, 6.07) is 0. The zero-order valence-electron chi connectivity index (χ0n) is 23.8. The number of aryl methyl sites for hydroxylation is 1. The van der Waals surface area contributed by atoms with Crippen LogP contribution in [0.4, 0.5) is 0 Å². The van der Waals surface area contributed by atoms with Crippen molar-refractivity contribution in [3.63, 3.8) is 0 Å². The lowest BCUT2D eigenvalue weighted by Crippen LogP contribution is -2.34. The predicted molar refractivity (Wildman–Crippen MR) is 151 cm³/mol. The van der Waals surface area contributed by atoms with E-state index < -0.39 is 6.10 Å². The third-order valence-electron chi connectivity index (χ3n) is 7.08. The molecule has 1 aromatic heterocycles. The van der Waals surface area contributed by atoms with Gasteiger partial charge < -0.3 is 9.84 Å². The fourth-order valence-electron chi connectivity index (χ4n) is 4.23. The highest BCUT2D eigenvalue weighted by Gasteiger charge is 2.28. The molecule has 0 radical (unpaired) electrons. The molecular formula is C30H49NO4S. The van der Waals surface area contributed by atoms with Crippen LogP contribution in [0, 0.1) is 24.7 Å². The van der Waals surface area contributed by atoms with Gasteiger partial charge in [0.15, 0.2) is 0 Å². The minimum Gasteiger partial charge on any atom is -0.457 e. The number of ketones is 1. The van der Waals surface area contributed by atoms with Gasteiger partial charge in [-0.25, -0.2) is 4.98 Å². The molecule has 0 aliphatic rings. The van der Waals surface area contributed by atoms with E-state index in [1.807, 2.05) is 53.0 Å². The molecule has 0 saturated carbocycles. The van der Waals surface area contributed by atoms with Crippen LogP contribution >= 0.6 is 11.3 Å². The van der Waals surface area contributed by atoms with Crippen LogP contribution in [-0.2, 0) is 14.3 Å². The number of Topliss-reactive ketones (excluding diaryl/α,β-unsaturated/α-hetero) is 1. The second-order valence-electron chi connectivity index (χ2n) is 10.4. The quantitative estimate of drug-likeness (QED) is 0.168. The Bertz CT molecular complexity index is 872. The SMILES string of the molecule is CCCCC(=O)O[C@@H](C/C=C(/C)CCC[C@H](C)[C@H](O)[C@@H](C)C(=O)[C@@H](C)CC)/C(C)=C/c1csc(C)n1. The van der Waals surface area contributed by atoms with E-state index in [-0.39, 0.29) is 35.6 Å². The van der Waals surface area contributed by atoms with Crippen molar-refractivity contribution >= 4 is 29.2 Å². The van der Waals surface area contributed by atoms with Gasteiger partial charge in [0.25, 0.3) is 0 Å². The maximum Gasteiger partial charge on any atom is 0.306 e. The van der Waals surface area contributed by atoms with Crippen LogP contribution in [0.25, 0.3) is 6.08 Å². The van der Waals surface area contributed by atoms with Gasteiger partial charge in [0.1, 0.15) is 11.9 Å². The summed E-state index contributed by atoms with van der Waals surface area (Å²) in [5.74, 6) is -0.262. The molecule has 1 heterocycles. The molecule has 1 rings (SSSR count). The molecule has 36 heavy (non-hydrogen) atoms. The van der Waals surface area contributed by atoms with E-state index in [2.05, 4.69) is 24.9 Å². The van der Waals surface area contributed by atoms with Crippen LogP contribution in [-0.4, -0.2) is 34.1 Å². The van der Waals surface area contributed by atoms with Gasteiger partial charge in [-0.2, -0.15) is 0 Å². The normalized spacial score (nSPS) is 16.8. The number of allylic oxidation sites excluding steroid dienone is 1. The number of aliphatic hydroxyl groups is 1. The van der Waals surface area contributed by atoms with Gasteiger partial charge in [-0.05, 0) is 70.4 Å². The molecule has 0 bridgehead atoms. The number of hydrogen-bond acceptors (Lipinski definition) is 6. The standard InChI is InChI=1S/C30H49NO4S/c1-9-11-15-28(32)35-27(23(6)18-26-19-36-25(8)31-26)17-16-20(3)13-12-14-22(5)30(34)24(7)29(33)21(4)10-2/h16,18-19,21-22,24,27,30,34H,9-15,17H2,1-8H3/b20-16-,23-18+/t21-,22-,24-,27-,30-/m0/s1. The summed E-state index contributed by atoms with van der Waals surface area (Å²) in [5, 5.41) is 13.7. The Balaban J connectivity index is 2.71. The van der Waals surface area contributed by atoms with Crippen molar-refractivity contribution in [1.82, 2.24) is 4.98 Å². The molecule has 0 spiro atoms. The van der Waals surface area contributed by atoms with E-state index in [0.717, 1.165) is 54.8 Å². The Labute approximate surface area is 223 Å². The molecule has 5 atom stereocenters. The Hall–Kier alpha value is -1.79. The summed E-state index contributed by atoms with van der Waals surface area (Å²) in [6.07, 6.45) is 9.66. The van der Waals surface area contributed by atoms with Gasteiger partial charge in [-0.15, -0.1) is 11.3 Å². The summed E-state index contributed by atoms with van der Waals surface area (Å²) in [5.41, 5.74) is 3.14. The van der Waals surface area contributed by atoms with Crippen LogP contribution in [0.5, 0.6) is 0 Å². The summed E-state index contributed by atoms with van der Waals surface area (Å²) < 4.78 is 5.85. The van der Waals surface area contributed by atoms with E-state index >= 15 is 0 Å². The largest absolute Gasteiger partial charge is 0.457 e. The molecule has 1 N–H and O–H groups in total. The molecule has 0 fully saturated rings. The van der Waals surface area contributed by atoms with Gasteiger partial charge in [0.05, 0.1) is 16.8 Å². The molecule has 204 valence electrons. The highest BCUT2D eigenvalue weighted by molar-refractivity contribution is 7.09. The minimum absolute atomic E-state index is 0.00639. The maximum atomic E-state index is 12.4. The summed E-state index contributed by atoms with van der Waals surface area (Å²) in [4.78, 5) is 29.3. The molecule has 0 saturated heterocycles. The fraction of sp³-hybridized carbons (Fsp3) is 0.700. The molecule has 0 aliphatic carbocycles. The van der Waals surface area contributed by atoms with Gasteiger partial charge >= 0.3 is 5.97 Å². The van der Waals surface area contributed by atoms with Crippen LogP contribution in [0.2, 0.25) is 0 Å². The van der Waals surface area contributed by atoms with Crippen molar-refractivity contribution in [3.8, 4) is 0 Å². The molecule has 0 aliphatic heterocycles. The Morgan fingerprint density at radius 2 is 1.83 bits per heavy atom. The smallest absolute Gasteiger partial charge is 0.306 e. The van der Waals surface area contributed by atoms with E-state index in [9.17, 15) is 14.7 Å². The maximum absolute atomic E-state index is 12.4. The van der Waals surface area contributed by atoms with E-state index in [1.165, 1.54) is 5.57 Å². The summed E-state index contributed by atoms with van der Waals surface area (Å²) in [6.45, 7) is 16.0. The molecule has 0 aromatic carbocycles. The second-order valence-corrected chi connectivity index (χ2v) is 11.5. The Morgan fingerprint density at radius 3 is 2.42 bits per heavy atom. The van der Waals surface area contributed by atoms with E-state index in [4.69, 9.17) is 4.74 Å². The topological polar surface area (TPSA) is 76.5 Å². The first-order valence-electron chi connectivity index (χ1n) is 13.7. The first-order chi connectivity index (χ1) is 17.0. The van der Waals surface area contributed by atoms with Gasteiger partial charge in [-0.3, -0.25) is 9.59 Å². The zero-order chi connectivity index (χ0) is 27.3. The monoisotopic (exact) mass is 519 g/mol. The number of thiazole rings is 1. The average Bonchev–Trinajstić information content (AvgIpc) is 3.27. The predicted octanol–water partition coefficient (Wildman–Crippen LogP) is 7.71. The van der Waals surface area contributed by atoms with Crippen molar-refractivity contribution in [2.75, 3.05) is 0 Å². The Kier molecular flexibility index (Phi) is 15.1. The lowest BCUT2D eigenvalue weighted by Gasteiger charge is -2.26. The number of carbonyl (C=O) groups is 2. The number of aliphatic hydroxyl groups excluding tert-OH is 1. The van der Waals surface area contributed by atoms with Crippen molar-refractivity contribution < 1.29 is 19.4 Å². The molecule has 5 nitrogen and oxygen atoms in total. The minimum atomic E-state index is -0.607. The number of ether oxygens (including phenoxy) is 1. The van der Waals surface area contributed by atoms with Gasteiger partial charge in [-0.1, -0.05) is 52.7 Å². The lowest BCUT2D eigenvalue weighted by molar-refractivity contribution is -0.147. The zero-order valence-corrected chi connectivity index (χ0v) is 24.6. The van der Waals surface area contributed by atoms with Gasteiger partial charge in [0, 0.05) is 30.1 Å². The molecule has 1 aromatic rings.